The van der Waals surface area contributed by atoms with Crippen LogP contribution >= 0.6 is 11.6 Å². The molecular formula is C21H22ClN3O2. The minimum absolute atomic E-state index is 0.118. The van der Waals surface area contributed by atoms with Gasteiger partial charge in [0.05, 0.1) is 17.6 Å². The number of likely N-dealkylation sites (tertiary alicyclic amines) is 1. The molecule has 3 aromatic rings. The molecule has 2 aromatic carbocycles. The predicted octanol–water partition coefficient (Wildman–Crippen LogP) is 4.02. The summed E-state index contributed by atoms with van der Waals surface area (Å²) in [6.45, 7) is 3.86. The Bertz CT molecular complexity index is 998. The number of amides is 1. The Morgan fingerprint density at radius 2 is 2.07 bits per heavy atom. The summed E-state index contributed by atoms with van der Waals surface area (Å²) in [4.78, 5) is 18.6. The van der Waals surface area contributed by atoms with Gasteiger partial charge in [0.25, 0.3) is 0 Å². The second kappa shape index (κ2) is 7.24. The summed E-state index contributed by atoms with van der Waals surface area (Å²) in [6.07, 6.45) is 0.511. The molecule has 1 aromatic heterocycles. The van der Waals surface area contributed by atoms with Crippen LogP contribution in [0, 0.1) is 6.92 Å². The fourth-order valence-electron chi connectivity index (χ4n) is 3.64. The molecule has 5 nitrogen and oxygen atoms in total. The number of aryl methyl sites for hydroxylation is 1. The first-order valence-corrected chi connectivity index (χ1v) is 9.49. The van der Waals surface area contributed by atoms with Gasteiger partial charge >= 0.3 is 0 Å². The zero-order valence-electron chi connectivity index (χ0n) is 15.5. The van der Waals surface area contributed by atoms with E-state index in [4.69, 9.17) is 21.3 Å². The second-order valence-corrected chi connectivity index (χ2v) is 7.45. The Morgan fingerprint density at radius 1 is 1.26 bits per heavy atom. The van der Waals surface area contributed by atoms with Crippen molar-refractivity contribution in [1.29, 1.82) is 0 Å². The van der Waals surface area contributed by atoms with Crippen LogP contribution in [0.25, 0.3) is 11.0 Å². The summed E-state index contributed by atoms with van der Waals surface area (Å²) in [5.41, 5.74) is 3.03. The predicted molar refractivity (Wildman–Crippen MR) is 106 cm³/mol. The van der Waals surface area contributed by atoms with Gasteiger partial charge in [0, 0.05) is 31.0 Å². The molecular weight excluding hydrogens is 362 g/mol. The average molecular weight is 384 g/mol. The van der Waals surface area contributed by atoms with Gasteiger partial charge < -0.3 is 14.2 Å². The molecule has 0 aliphatic carbocycles. The summed E-state index contributed by atoms with van der Waals surface area (Å²) < 4.78 is 8.13. The van der Waals surface area contributed by atoms with Crippen molar-refractivity contribution in [2.24, 2.45) is 0 Å². The number of hydrogen-bond donors (Lipinski definition) is 0. The Morgan fingerprint density at radius 3 is 2.81 bits per heavy atom. The molecule has 0 spiro atoms. The van der Waals surface area contributed by atoms with Gasteiger partial charge in [-0.3, -0.25) is 4.79 Å². The van der Waals surface area contributed by atoms with Crippen molar-refractivity contribution in [3.05, 3.63) is 58.9 Å². The minimum atomic E-state index is 0.118. The number of ether oxygens (including phenoxy) is 1. The fraction of sp³-hybridized carbons (Fsp3) is 0.333. The van der Waals surface area contributed by atoms with Gasteiger partial charge in [-0.2, -0.15) is 0 Å². The highest BCUT2D eigenvalue weighted by atomic mass is 35.5. The number of para-hydroxylation sites is 2. The third kappa shape index (κ3) is 3.52. The molecule has 0 bridgehead atoms. The van der Waals surface area contributed by atoms with Crippen molar-refractivity contribution in [2.45, 2.75) is 25.8 Å². The van der Waals surface area contributed by atoms with E-state index in [1.54, 1.807) is 4.90 Å². The van der Waals surface area contributed by atoms with Gasteiger partial charge in [-0.1, -0.05) is 23.7 Å². The Labute approximate surface area is 163 Å². The molecule has 0 N–H and O–H groups in total. The lowest BCUT2D eigenvalue weighted by molar-refractivity contribution is -0.126. The third-order valence-electron chi connectivity index (χ3n) is 5.10. The topological polar surface area (TPSA) is 47.4 Å². The summed E-state index contributed by atoms with van der Waals surface area (Å²) in [6, 6.07) is 13.8. The van der Waals surface area contributed by atoms with Crippen LogP contribution < -0.4 is 4.74 Å². The highest BCUT2D eigenvalue weighted by Gasteiger charge is 2.31. The molecule has 27 heavy (non-hydrogen) atoms. The van der Waals surface area contributed by atoms with E-state index >= 15 is 0 Å². The van der Waals surface area contributed by atoms with Crippen molar-refractivity contribution in [2.75, 3.05) is 20.2 Å². The van der Waals surface area contributed by atoms with Gasteiger partial charge in [0.2, 0.25) is 5.91 Å². The molecule has 1 amide bonds. The van der Waals surface area contributed by atoms with Crippen LogP contribution in [0.1, 0.15) is 23.7 Å². The smallest absolute Gasteiger partial charge is 0.223 e. The van der Waals surface area contributed by atoms with Crippen LogP contribution in [0.15, 0.2) is 42.5 Å². The van der Waals surface area contributed by atoms with Crippen LogP contribution in [0.3, 0.4) is 0 Å². The highest BCUT2D eigenvalue weighted by Crippen LogP contribution is 2.29. The summed E-state index contributed by atoms with van der Waals surface area (Å²) in [5, 5.41) is 0.736. The number of hydrogen-bond acceptors (Lipinski definition) is 3. The van der Waals surface area contributed by atoms with Gasteiger partial charge in [0.1, 0.15) is 18.2 Å². The van der Waals surface area contributed by atoms with Crippen LogP contribution in [0.2, 0.25) is 5.02 Å². The Kier molecular flexibility index (Phi) is 4.79. The van der Waals surface area contributed by atoms with E-state index in [1.807, 2.05) is 50.4 Å². The molecule has 1 aliphatic rings. The van der Waals surface area contributed by atoms with E-state index in [1.165, 1.54) is 0 Å². The number of rotatable bonds is 5. The van der Waals surface area contributed by atoms with Gasteiger partial charge in [-0.25, -0.2) is 4.98 Å². The van der Waals surface area contributed by atoms with E-state index in [0.29, 0.717) is 26.1 Å². The number of carbonyl (C=O) groups is 1. The minimum Gasteiger partial charge on any atom is -0.492 e. The van der Waals surface area contributed by atoms with Crippen LogP contribution in [-0.2, 0) is 11.3 Å². The van der Waals surface area contributed by atoms with E-state index < -0.39 is 0 Å². The number of fused-ring (bicyclic) bond motifs is 1. The lowest BCUT2D eigenvalue weighted by Gasteiger charge is -2.14. The quantitative estimate of drug-likeness (QED) is 0.668. The number of halogens is 1. The fourth-order valence-corrected chi connectivity index (χ4v) is 3.76. The van der Waals surface area contributed by atoms with Gasteiger partial charge in [-0.15, -0.1) is 0 Å². The first-order valence-electron chi connectivity index (χ1n) is 9.11. The molecule has 1 fully saturated rings. The summed E-state index contributed by atoms with van der Waals surface area (Å²) >= 11 is 6.08. The van der Waals surface area contributed by atoms with Crippen LogP contribution in [0.4, 0.5) is 0 Å². The molecule has 1 unspecified atom stereocenters. The van der Waals surface area contributed by atoms with E-state index in [2.05, 4.69) is 10.6 Å². The first kappa shape index (κ1) is 17.9. The molecule has 140 valence electrons. The maximum Gasteiger partial charge on any atom is 0.223 e. The highest BCUT2D eigenvalue weighted by molar-refractivity contribution is 6.31. The maximum atomic E-state index is 12.0. The number of nitrogens with zero attached hydrogens (tertiary/aromatic N) is 3. The number of benzene rings is 2. The van der Waals surface area contributed by atoms with Gasteiger partial charge in [-0.05, 0) is 42.8 Å². The molecule has 0 radical (unpaired) electrons. The molecule has 4 rings (SSSR count). The Balaban J connectivity index is 1.57. The first-order chi connectivity index (χ1) is 13.0. The van der Waals surface area contributed by atoms with E-state index in [0.717, 1.165) is 33.2 Å². The molecule has 6 heteroatoms. The number of carbonyl (C=O) groups excluding carboxylic acids is 1. The zero-order valence-corrected chi connectivity index (χ0v) is 16.2. The standard InChI is InChI=1S/C21H22ClN3O2/c1-14-11-16(7-8-17(14)22)27-10-9-25-19-6-4-3-5-18(19)23-21(25)15-12-20(26)24(2)13-15/h3-8,11,15H,9-10,12-13H2,1-2H3. The SMILES string of the molecule is Cc1cc(OCCn2c(C3CC(=O)N(C)C3)nc3ccccc32)ccc1Cl. The van der Waals surface area contributed by atoms with Crippen molar-refractivity contribution in [3.63, 3.8) is 0 Å². The lowest BCUT2D eigenvalue weighted by atomic mass is 10.1. The van der Waals surface area contributed by atoms with Crippen molar-refractivity contribution in [3.8, 4) is 5.75 Å². The van der Waals surface area contributed by atoms with E-state index in [9.17, 15) is 4.79 Å². The third-order valence-corrected chi connectivity index (χ3v) is 5.53. The molecule has 1 saturated heterocycles. The normalized spacial score (nSPS) is 17.1. The molecule has 1 atom stereocenters. The van der Waals surface area contributed by atoms with Crippen molar-refractivity contribution < 1.29 is 9.53 Å². The van der Waals surface area contributed by atoms with Crippen LogP contribution in [-0.4, -0.2) is 40.6 Å². The molecule has 0 saturated carbocycles. The lowest BCUT2D eigenvalue weighted by Crippen LogP contribution is -2.19. The monoisotopic (exact) mass is 383 g/mol. The largest absolute Gasteiger partial charge is 0.492 e. The summed E-state index contributed by atoms with van der Waals surface area (Å²) in [7, 11) is 1.85. The summed E-state index contributed by atoms with van der Waals surface area (Å²) in [5.74, 6) is 2.06. The average Bonchev–Trinajstić information content (AvgIpc) is 3.18. The maximum absolute atomic E-state index is 12.0. The zero-order chi connectivity index (χ0) is 19.0. The number of likely N-dealkylation sites (N-methyl/N-ethyl adjacent to an activating group) is 1. The Hall–Kier alpha value is -2.53. The van der Waals surface area contributed by atoms with Crippen molar-refractivity contribution in [1.82, 2.24) is 14.5 Å². The van der Waals surface area contributed by atoms with E-state index in [-0.39, 0.29) is 11.8 Å². The number of aromatic nitrogens is 2. The van der Waals surface area contributed by atoms with Crippen molar-refractivity contribution >= 4 is 28.5 Å². The molecule has 1 aliphatic heterocycles. The molecule has 2 heterocycles. The van der Waals surface area contributed by atoms with Gasteiger partial charge in [0.15, 0.2) is 0 Å². The second-order valence-electron chi connectivity index (χ2n) is 7.05. The number of imidazole rings is 1. The van der Waals surface area contributed by atoms with Crippen LogP contribution in [0.5, 0.6) is 5.75 Å².